The molecule has 3 nitrogen and oxygen atoms in total. The zero-order valence-corrected chi connectivity index (χ0v) is 15.0. The molecule has 0 spiro atoms. The van der Waals surface area contributed by atoms with Crippen LogP contribution in [0, 0.1) is 6.92 Å². The van der Waals surface area contributed by atoms with Crippen molar-refractivity contribution < 1.29 is 9.53 Å². The van der Waals surface area contributed by atoms with E-state index in [1.807, 2.05) is 66.9 Å². The fourth-order valence-electron chi connectivity index (χ4n) is 2.58. The Kier molecular flexibility index (Phi) is 5.86. The molecule has 0 aliphatic rings. The SMILES string of the molecule is Cc1cccc(OCCCC(=O)Nc2ccccc2-c2cccs2)c1. The maximum atomic E-state index is 12.2. The predicted octanol–water partition coefficient (Wildman–Crippen LogP) is 5.52. The molecule has 0 radical (unpaired) electrons. The van der Waals surface area contributed by atoms with Crippen LogP contribution in [0.15, 0.2) is 66.0 Å². The van der Waals surface area contributed by atoms with E-state index in [-0.39, 0.29) is 5.91 Å². The first-order valence-electron chi connectivity index (χ1n) is 8.34. The molecule has 1 amide bonds. The van der Waals surface area contributed by atoms with Gasteiger partial charge in [-0.3, -0.25) is 4.79 Å². The van der Waals surface area contributed by atoms with Gasteiger partial charge in [0.05, 0.1) is 6.61 Å². The minimum atomic E-state index is 0.0110. The average Bonchev–Trinajstić information content (AvgIpc) is 3.14. The Morgan fingerprint density at radius 1 is 1.08 bits per heavy atom. The highest BCUT2D eigenvalue weighted by Crippen LogP contribution is 2.31. The molecular formula is C21H21NO2S. The Hall–Kier alpha value is -2.59. The van der Waals surface area contributed by atoms with E-state index in [0.717, 1.165) is 21.9 Å². The maximum Gasteiger partial charge on any atom is 0.224 e. The lowest BCUT2D eigenvalue weighted by atomic mass is 10.1. The number of carbonyl (C=O) groups excluding carboxylic acids is 1. The van der Waals surface area contributed by atoms with Gasteiger partial charge < -0.3 is 10.1 Å². The smallest absolute Gasteiger partial charge is 0.224 e. The summed E-state index contributed by atoms with van der Waals surface area (Å²) in [4.78, 5) is 13.4. The van der Waals surface area contributed by atoms with E-state index in [9.17, 15) is 4.79 Å². The van der Waals surface area contributed by atoms with Crippen molar-refractivity contribution in [2.45, 2.75) is 19.8 Å². The molecule has 4 heteroatoms. The summed E-state index contributed by atoms with van der Waals surface area (Å²) in [6.07, 6.45) is 1.12. The minimum absolute atomic E-state index is 0.0110. The summed E-state index contributed by atoms with van der Waals surface area (Å²) in [5.41, 5.74) is 3.08. The number of anilines is 1. The Balaban J connectivity index is 1.50. The van der Waals surface area contributed by atoms with E-state index in [1.54, 1.807) is 11.3 Å². The number of amides is 1. The molecule has 25 heavy (non-hydrogen) atoms. The van der Waals surface area contributed by atoms with Gasteiger partial charge in [-0.25, -0.2) is 0 Å². The monoisotopic (exact) mass is 351 g/mol. The van der Waals surface area contributed by atoms with E-state index in [0.29, 0.717) is 19.4 Å². The van der Waals surface area contributed by atoms with Crippen LogP contribution in [-0.4, -0.2) is 12.5 Å². The lowest BCUT2D eigenvalue weighted by molar-refractivity contribution is -0.116. The Bertz CT molecular complexity index is 827. The minimum Gasteiger partial charge on any atom is -0.494 e. The molecule has 0 saturated heterocycles. The van der Waals surface area contributed by atoms with Crippen LogP contribution in [0.3, 0.4) is 0 Å². The number of rotatable bonds is 7. The summed E-state index contributed by atoms with van der Waals surface area (Å²) in [6, 6.07) is 19.9. The standard InChI is InChI=1S/C21H21NO2S/c1-16-7-4-8-17(15-16)24-13-5-12-21(23)22-19-10-3-2-9-18(19)20-11-6-14-25-20/h2-4,6-11,14-15H,5,12-13H2,1H3,(H,22,23). The van der Waals surface area contributed by atoms with Crippen LogP contribution in [0.4, 0.5) is 5.69 Å². The lowest BCUT2D eigenvalue weighted by Crippen LogP contribution is -2.13. The largest absolute Gasteiger partial charge is 0.494 e. The normalized spacial score (nSPS) is 10.4. The number of ether oxygens (including phenoxy) is 1. The molecule has 3 rings (SSSR count). The van der Waals surface area contributed by atoms with Crippen molar-refractivity contribution in [2.24, 2.45) is 0 Å². The van der Waals surface area contributed by atoms with Gasteiger partial charge in [-0.15, -0.1) is 11.3 Å². The first-order chi connectivity index (χ1) is 12.2. The van der Waals surface area contributed by atoms with Gasteiger partial charge in [-0.1, -0.05) is 36.4 Å². The molecule has 1 aromatic heterocycles. The van der Waals surface area contributed by atoms with Crippen LogP contribution < -0.4 is 10.1 Å². The summed E-state index contributed by atoms with van der Waals surface area (Å²) >= 11 is 1.67. The molecule has 0 saturated carbocycles. The Labute approximate surface area is 152 Å². The number of aryl methyl sites for hydroxylation is 1. The predicted molar refractivity (Wildman–Crippen MR) is 104 cm³/mol. The number of carbonyl (C=O) groups is 1. The van der Waals surface area contributed by atoms with Gasteiger partial charge in [0, 0.05) is 22.5 Å². The molecule has 1 heterocycles. The molecule has 0 atom stereocenters. The van der Waals surface area contributed by atoms with Gasteiger partial charge >= 0.3 is 0 Å². The Morgan fingerprint density at radius 3 is 2.76 bits per heavy atom. The summed E-state index contributed by atoms with van der Waals surface area (Å²) in [7, 11) is 0. The quantitative estimate of drug-likeness (QED) is 0.569. The molecule has 0 aliphatic heterocycles. The van der Waals surface area contributed by atoms with Gasteiger partial charge in [-0.2, -0.15) is 0 Å². The molecule has 2 aromatic carbocycles. The third-order valence-corrected chi connectivity index (χ3v) is 4.70. The van der Waals surface area contributed by atoms with E-state index in [2.05, 4.69) is 11.4 Å². The third kappa shape index (κ3) is 4.94. The van der Waals surface area contributed by atoms with Gasteiger partial charge in [0.25, 0.3) is 0 Å². The van der Waals surface area contributed by atoms with Gasteiger partial charge in [-0.05, 0) is 48.6 Å². The number of hydrogen-bond acceptors (Lipinski definition) is 3. The summed E-state index contributed by atoms with van der Waals surface area (Å²) < 4.78 is 5.69. The zero-order valence-electron chi connectivity index (χ0n) is 14.2. The topological polar surface area (TPSA) is 38.3 Å². The highest BCUT2D eigenvalue weighted by molar-refractivity contribution is 7.13. The van der Waals surface area contributed by atoms with E-state index < -0.39 is 0 Å². The summed E-state index contributed by atoms with van der Waals surface area (Å²) in [5, 5.41) is 5.06. The maximum absolute atomic E-state index is 12.2. The summed E-state index contributed by atoms with van der Waals surface area (Å²) in [6.45, 7) is 2.56. The van der Waals surface area contributed by atoms with Crippen molar-refractivity contribution in [2.75, 3.05) is 11.9 Å². The van der Waals surface area contributed by atoms with E-state index in [4.69, 9.17) is 4.74 Å². The second kappa shape index (κ2) is 8.49. The third-order valence-electron chi connectivity index (χ3n) is 3.79. The molecule has 0 fully saturated rings. The molecule has 0 bridgehead atoms. The van der Waals surface area contributed by atoms with Crippen LogP contribution >= 0.6 is 11.3 Å². The Morgan fingerprint density at radius 2 is 1.96 bits per heavy atom. The van der Waals surface area contributed by atoms with Crippen LogP contribution in [0.5, 0.6) is 5.75 Å². The fraction of sp³-hybridized carbons (Fsp3) is 0.190. The van der Waals surface area contributed by atoms with Crippen LogP contribution in [0.1, 0.15) is 18.4 Å². The number of hydrogen-bond donors (Lipinski definition) is 1. The van der Waals surface area contributed by atoms with Gasteiger partial charge in [0.1, 0.15) is 5.75 Å². The number of para-hydroxylation sites is 1. The van der Waals surface area contributed by atoms with Crippen molar-refractivity contribution in [3.8, 4) is 16.2 Å². The zero-order chi connectivity index (χ0) is 17.5. The second-order valence-corrected chi connectivity index (χ2v) is 6.79. The highest BCUT2D eigenvalue weighted by atomic mass is 32.1. The van der Waals surface area contributed by atoms with Crippen molar-refractivity contribution in [1.29, 1.82) is 0 Å². The molecule has 0 aliphatic carbocycles. The molecular weight excluding hydrogens is 330 g/mol. The van der Waals surface area contributed by atoms with Crippen LogP contribution in [0.25, 0.3) is 10.4 Å². The molecule has 128 valence electrons. The highest BCUT2D eigenvalue weighted by Gasteiger charge is 2.09. The first-order valence-corrected chi connectivity index (χ1v) is 9.22. The number of benzene rings is 2. The summed E-state index contributed by atoms with van der Waals surface area (Å²) in [5.74, 6) is 0.861. The number of nitrogens with one attached hydrogen (secondary N) is 1. The van der Waals surface area contributed by atoms with Gasteiger partial charge in [0.15, 0.2) is 0 Å². The molecule has 1 N–H and O–H groups in total. The van der Waals surface area contributed by atoms with Crippen molar-refractivity contribution in [3.63, 3.8) is 0 Å². The fourth-order valence-corrected chi connectivity index (χ4v) is 3.35. The van der Waals surface area contributed by atoms with Crippen molar-refractivity contribution in [3.05, 3.63) is 71.6 Å². The van der Waals surface area contributed by atoms with Crippen LogP contribution in [0.2, 0.25) is 0 Å². The van der Waals surface area contributed by atoms with Gasteiger partial charge in [0.2, 0.25) is 5.91 Å². The average molecular weight is 351 g/mol. The van der Waals surface area contributed by atoms with E-state index >= 15 is 0 Å². The van der Waals surface area contributed by atoms with Crippen molar-refractivity contribution >= 4 is 22.9 Å². The lowest BCUT2D eigenvalue weighted by Gasteiger charge is -2.10. The van der Waals surface area contributed by atoms with E-state index in [1.165, 1.54) is 5.56 Å². The van der Waals surface area contributed by atoms with Crippen molar-refractivity contribution in [1.82, 2.24) is 0 Å². The number of thiophene rings is 1. The molecule has 0 unspecified atom stereocenters. The second-order valence-electron chi connectivity index (χ2n) is 5.84. The molecule has 3 aromatic rings. The first kappa shape index (κ1) is 17.2. The van der Waals surface area contributed by atoms with Crippen LogP contribution in [-0.2, 0) is 4.79 Å².